The van der Waals surface area contributed by atoms with E-state index < -0.39 is 23.6 Å². The number of halogens is 3. The van der Waals surface area contributed by atoms with E-state index in [-0.39, 0.29) is 6.42 Å². The van der Waals surface area contributed by atoms with Crippen molar-refractivity contribution in [1.29, 1.82) is 0 Å². The van der Waals surface area contributed by atoms with Crippen molar-refractivity contribution in [2.75, 3.05) is 5.32 Å². The molecule has 2 aromatic carbocycles. The third-order valence-electron chi connectivity index (χ3n) is 2.96. The summed E-state index contributed by atoms with van der Waals surface area (Å²) >= 11 is 0.376. The lowest BCUT2D eigenvalue weighted by molar-refractivity contribution is -0.118. The highest BCUT2D eigenvalue weighted by Crippen LogP contribution is 2.27. The predicted octanol–water partition coefficient (Wildman–Crippen LogP) is 4.20. The first-order valence-corrected chi connectivity index (χ1v) is 7.60. The molecule has 1 amide bonds. The van der Waals surface area contributed by atoms with Crippen LogP contribution in [0.2, 0.25) is 0 Å². The van der Waals surface area contributed by atoms with Crippen molar-refractivity contribution in [3.8, 4) is 0 Å². The fourth-order valence-electron chi connectivity index (χ4n) is 1.97. The lowest BCUT2D eigenvalue weighted by Crippen LogP contribution is -2.15. The summed E-state index contributed by atoms with van der Waals surface area (Å²) in [5.41, 5.74) is 0.647. The maximum absolute atomic E-state index is 13.1. The van der Waals surface area contributed by atoms with E-state index in [0.717, 1.165) is 6.07 Å². The van der Waals surface area contributed by atoms with Crippen LogP contribution in [0, 0.1) is 5.82 Å². The quantitative estimate of drug-likeness (QED) is 0.774. The van der Waals surface area contributed by atoms with Crippen molar-refractivity contribution >= 4 is 23.4 Å². The Labute approximate surface area is 135 Å². The first-order chi connectivity index (χ1) is 10.9. The Bertz CT molecular complexity index is 682. The van der Waals surface area contributed by atoms with Gasteiger partial charge < -0.3 is 10.4 Å². The van der Waals surface area contributed by atoms with Crippen LogP contribution in [0.3, 0.4) is 0 Å². The molecule has 122 valence electrons. The average Bonchev–Trinajstić information content (AvgIpc) is 2.46. The van der Waals surface area contributed by atoms with E-state index >= 15 is 0 Å². The number of aliphatic hydroxyl groups is 1. The summed E-state index contributed by atoms with van der Waals surface area (Å²) in [5, 5.41) is 12.5. The van der Waals surface area contributed by atoms with E-state index in [1.54, 1.807) is 12.1 Å². The molecule has 0 bridgehead atoms. The minimum absolute atomic E-state index is 0.268. The molecular weight excluding hydrogens is 327 g/mol. The summed E-state index contributed by atoms with van der Waals surface area (Å²) in [6, 6.07) is 11.4. The smallest absolute Gasteiger partial charge is 0.288 e. The minimum atomic E-state index is -2.55. The molecule has 7 heteroatoms. The number of amides is 1. The van der Waals surface area contributed by atoms with Gasteiger partial charge in [0.2, 0.25) is 5.91 Å². The molecule has 0 heterocycles. The number of alkyl halides is 2. The number of thioether (sulfide) groups is 1. The Morgan fingerprint density at radius 2 is 1.91 bits per heavy atom. The number of hydrogen-bond donors (Lipinski definition) is 2. The van der Waals surface area contributed by atoms with Crippen molar-refractivity contribution in [2.45, 2.75) is 23.2 Å². The topological polar surface area (TPSA) is 49.3 Å². The van der Waals surface area contributed by atoms with Gasteiger partial charge in [-0.05, 0) is 35.9 Å². The second kappa shape index (κ2) is 8.03. The van der Waals surface area contributed by atoms with Gasteiger partial charge in [0.1, 0.15) is 5.82 Å². The van der Waals surface area contributed by atoms with Crippen LogP contribution < -0.4 is 5.32 Å². The Kier molecular flexibility index (Phi) is 6.06. The first-order valence-electron chi connectivity index (χ1n) is 6.72. The Balaban J connectivity index is 1.96. The predicted molar refractivity (Wildman–Crippen MR) is 82.9 cm³/mol. The molecule has 1 unspecified atom stereocenters. The van der Waals surface area contributed by atoms with E-state index in [4.69, 9.17) is 0 Å². The Hall–Kier alpha value is -1.99. The molecule has 23 heavy (non-hydrogen) atoms. The highest BCUT2D eigenvalue weighted by molar-refractivity contribution is 7.99. The number of benzene rings is 2. The van der Waals surface area contributed by atoms with Gasteiger partial charge in [-0.1, -0.05) is 30.0 Å². The summed E-state index contributed by atoms with van der Waals surface area (Å²) in [4.78, 5) is 12.2. The van der Waals surface area contributed by atoms with Crippen LogP contribution in [-0.4, -0.2) is 16.8 Å². The first kappa shape index (κ1) is 17.4. The molecule has 0 aromatic heterocycles. The van der Waals surface area contributed by atoms with Gasteiger partial charge in [0.15, 0.2) is 0 Å². The number of anilines is 1. The molecule has 3 nitrogen and oxygen atoms in total. The highest BCUT2D eigenvalue weighted by atomic mass is 32.2. The number of aliphatic hydroxyl groups excluding tert-OH is 1. The minimum Gasteiger partial charge on any atom is -0.388 e. The van der Waals surface area contributed by atoms with Crippen LogP contribution in [0.15, 0.2) is 53.4 Å². The molecule has 0 saturated carbocycles. The fraction of sp³-hybridized carbons (Fsp3) is 0.188. The zero-order chi connectivity index (χ0) is 16.8. The van der Waals surface area contributed by atoms with E-state index in [9.17, 15) is 23.1 Å². The monoisotopic (exact) mass is 341 g/mol. The average molecular weight is 341 g/mol. The summed E-state index contributed by atoms with van der Waals surface area (Å²) in [6.07, 6.45) is -1.42. The lowest BCUT2D eigenvalue weighted by atomic mass is 10.1. The summed E-state index contributed by atoms with van der Waals surface area (Å²) in [5.74, 6) is -3.55. The number of rotatable bonds is 6. The van der Waals surface area contributed by atoms with Gasteiger partial charge in [-0.15, -0.1) is 0 Å². The van der Waals surface area contributed by atoms with Gasteiger partial charge >= 0.3 is 0 Å². The standard InChI is InChI=1S/C16H14F3NO2S/c17-11-4-1-3-10(7-11)14(21)9-15(22)20-12-5-2-6-13(8-12)23-16(18)19/h1-8,14,16,21H,9H2,(H,20,22). The fourth-order valence-corrected chi connectivity index (χ4v) is 2.53. The SMILES string of the molecule is O=C(CC(O)c1cccc(F)c1)Nc1cccc(SC(F)F)c1. The van der Waals surface area contributed by atoms with Gasteiger partial charge in [0, 0.05) is 10.6 Å². The molecule has 0 aliphatic rings. The van der Waals surface area contributed by atoms with E-state index in [1.165, 1.54) is 30.3 Å². The van der Waals surface area contributed by atoms with Gasteiger partial charge in [-0.3, -0.25) is 4.79 Å². The maximum Gasteiger partial charge on any atom is 0.288 e. The third kappa shape index (κ3) is 5.61. The molecule has 0 aliphatic heterocycles. The van der Waals surface area contributed by atoms with Crippen molar-refractivity contribution in [2.24, 2.45) is 0 Å². The molecular formula is C16H14F3NO2S. The number of carbonyl (C=O) groups excluding carboxylic acids is 1. The van der Waals surface area contributed by atoms with Gasteiger partial charge in [-0.2, -0.15) is 8.78 Å². The number of hydrogen-bond acceptors (Lipinski definition) is 3. The zero-order valence-corrected chi connectivity index (χ0v) is 12.7. The van der Waals surface area contributed by atoms with Gasteiger partial charge in [0.05, 0.1) is 12.5 Å². The summed E-state index contributed by atoms with van der Waals surface area (Å²) < 4.78 is 37.7. The molecule has 0 spiro atoms. The van der Waals surface area contributed by atoms with Crippen LogP contribution in [0.1, 0.15) is 18.1 Å². The van der Waals surface area contributed by atoms with Crippen LogP contribution in [0.5, 0.6) is 0 Å². The maximum atomic E-state index is 13.1. The van der Waals surface area contributed by atoms with Crippen LogP contribution in [-0.2, 0) is 4.79 Å². The van der Waals surface area contributed by atoms with Gasteiger partial charge in [0.25, 0.3) is 5.76 Å². The second-order valence-corrected chi connectivity index (χ2v) is 5.79. The van der Waals surface area contributed by atoms with E-state index in [0.29, 0.717) is 27.9 Å². The Morgan fingerprint density at radius 1 is 1.17 bits per heavy atom. The molecule has 0 saturated heterocycles. The van der Waals surface area contributed by atoms with Crippen LogP contribution >= 0.6 is 11.8 Å². The van der Waals surface area contributed by atoms with E-state index in [2.05, 4.69) is 5.32 Å². The summed E-state index contributed by atoms with van der Waals surface area (Å²) in [6.45, 7) is 0. The van der Waals surface area contributed by atoms with Crippen molar-refractivity contribution in [3.05, 3.63) is 59.9 Å². The molecule has 0 aliphatic carbocycles. The van der Waals surface area contributed by atoms with Crippen molar-refractivity contribution in [3.63, 3.8) is 0 Å². The summed E-state index contributed by atoms with van der Waals surface area (Å²) in [7, 11) is 0. The van der Waals surface area contributed by atoms with Crippen LogP contribution in [0.25, 0.3) is 0 Å². The molecule has 2 rings (SSSR count). The highest BCUT2D eigenvalue weighted by Gasteiger charge is 2.14. The molecule has 2 aromatic rings. The largest absolute Gasteiger partial charge is 0.388 e. The number of nitrogens with one attached hydrogen (secondary N) is 1. The number of carbonyl (C=O) groups is 1. The lowest BCUT2D eigenvalue weighted by Gasteiger charge is -2.12. The molecule has 0 radical (unpaired) electrons. The normalized spacial score (nSPS) is 12.2. The molecule has 0 fully saturated rings. The van der Waals surface area contributed by atoms with Crippen LogP contribution in [0.4, 0.5) is 18.9 Å². The third-order valence-corrected chi connectivity index (χ3v) is 3.66. The van der Waals surface area contributed by atoms with Gasteiger partial charge in [-0.25, -0.2) is 4.39 Å². The Morgan fingerprint density at radius 3 is 2.61 bits per heavy atom. The molecule has 2 N–H and O–H groups in total. The molecule has 1 atom stereocenters. The van der Waals surface area contributed by atoms with Crippen molar-refractivity contribution < 1.29 is 23.1 Å². The van der Waals surface area contributed by atoms with Crippen molar-refractivity contribution in [1.82, 2.24) is 0 Å². The zero-order valence-electron chi connectivity index (χ0n) is 11.9. The van der Waals surface area contributed by atoms with E-state index in [1.807, 2.05) is 0 Å². The second-order valence-electron chi connectivity index (χ2n) is 4.73.